The molecule has 6 heteroatoms. The zero-order valence-corrected chi connectivity index (χ0v) is 15.3. The Morgan fingerprint density at radius 1 is 1.19 bits per heavy atom. The van der Waals surface area contributed by atoms with Gasteiger partial charge >= 0.3 is 0 Å². The van der Waals surface area contributed by atoms with Crippen molar-refractivity contribution in [3.05, 3.63) is 35.4 Å². The highest BCUT2D eigenvalue weighted by molar-refractivity contribution is 5.92. The fraction of sp³-hybridized carbons (Fsp3) is 0.550. The molecule has 4 atom stereocenters. The second-order valence-corrected chi connectivity index (χ2v) is 7.45. The highest BCUT2D eigenvalue weighted by Gasteiger charge is 2.81. The van der Waals surface area contributed by atoms with Crippen LogP contribution in [0.4, 0.5) is 0 Å². The minimum atomic E-state index is -0.586. The number of benzene rings is 1. The van der Waals surface area contributed by atoms with Crippen LogP contribution in [0, 0.1) is 0 Å². The molecular formula is C20H23NO5. The molecule has 5 rings (SSSR count). The van der Waals surface area contributed by atoms with Crippen LogP contribution >= 0.6 is 0 Å². The number of rotatable bonds is 3. The van der Waals surface area contributed by atoms with E-state index in [1.807, 2.05) is 17.0 Å². The second-order valence-electron chi connectivity index (χ2n) is 7.45. The maximum atomic E-state index is 13.0. The van der Waals surface area contributed by atoms with Crippen molar-refractivity contribution in [1.82, 2.24) is 4.90 Å². The van der Waals surface area contributed by atoms with E-state index in [4.69, 9.17) is 18.9 Å². The van der Waals surface area contributed by atoms with Crippen LogP contribution in [-0.4, -0.2) is 56.5 Å². The molecule has 1 aromatic rings. The third kappa shape index (κ3) is 1.71. The van der Waals surface area contributed by atoms with Crippen LogP contribution in [0.2, 0.25) is 0 Å². The van der Waals surface area contributed by atoms with Crippen molar-refractivity contribution >= 4 is 5.91 Å². The molecule has 0 bridgehead atoms. The molecule has 2 saturated heterocycles. The molecule has 1 aliphatic carbocycles. The number of methoxy groups -OCH3 is 3. The average molecular weight is 357 g/mol. The Labute approximate surface area is 152 Å². The van der Waals surface area contributed by atoms with Gasteiger partial charge in [0, 0.05) is 20.1 Å². The monoisotopic (exact) mass is 357 g/mol. The largest absolute Gasteiger partial charge is 0.493 e. The first-order valence-electron chi connectivity index (χ1n) is 9.08. The zero-order valence-electron chi connectivity index (χ0n) is 15.3. The Bertz CT molecular complexity index is 821. The predicted molar refractivity (Wildman–Crippen MR) is 93.4 cm³/mol. The number of nitrogens with zero attached hydrogens (tertiary/aromatic N) is 1. The van der Waals surface area contributed by atoms with Crippen LogP contribution in [0.1, 0.15) is 24.0 Å². The van der Waals surface area contributed by atoms with Crippen molar-refractivity contribution in [3.8, 4) is 11.5 Å². The van der Waals surface area contributed by atoms with Gasteiger partial charge in [-0.25, -0.2) is 0 Å². The normalized spacial score (nSPS) is 36.6. The van der Waals surface area contributed by atoms with E-state index in [-0.39, 0.29) is 18.1 Å². The van der Waals surface area contributed by atoms with E-state index in [2.05, 4.69) is 12.1 Å². The summed E-state index contributed by atoms with van der Waals surface area (Å²) in [6, 6.07) is 4.10. The Kier molecular flexibility index (Phi) is 3.25. The van der Waals surface area contributed by atoms with Crippen LogP contribution in [0.15, 0.2) is 24.3 Å². The van der Waals surface area contributed by atoms with Crippen molar-refractivity contribution in [2.24, 2.45) is 0 Å². The Morgan fingerprint density at radius 3 is 2.69 bits per heavy atom. The van der Waals surface area contributed by atoms with Crippen LogP contribution in [0.25, 0.3) is 0 Å². The topological polar surface area (TPSA) is 60.5 Å². The molecule has 138 valence electrons. The van der Waals surface area contributed by atoms with Crippen LogP contribution < -0.4 is 9.47 Å². The Morgan fingerprint density at radius 2 is 1.96 bits per heavy atom. The van der Waals surface area contributed by atoms with Gasteiger partial charge in [0.1, 0.15) is 5.54 Å². The maximum absolute atomic E-state index is 13.0. The van der Waals surface area contributed by atoms with E-state index in [1.54, 1.807) is 21.3 Å². The third-order valence-corrected chi connectivity index (χ3v) is 6.48. The first kappa shape index (κ1) is 16.1. The number of hydrogen-bond acceptors (Lipinski definition) is 5. The summed E-state index contributed by atoms with van der Waals surface area (Å²) in [6.45, 7) is 0.726. The number of carbonyl (C=O) groups excluding carboxylic acids is 1. The van der Waals surface area contributed by atoms with Crippen molar-refractivity contribution in [1.29, 1.82) is 0 Å². The van der Waals surface area contributed by atoms with E-state index in [0.717, 1.165) is 30.7 Å². The lowest BCUT2D eigenvalue weighted by molar-refractivity contribution is -0.142. The summed E-state index contributed by atoms with van der Waals surface area (Å²) in [7, 11) is 5.00. The quantitative estimate of drug-likeness (QED) is 0.610. The van der Waals surface area contributed by atoms with Crippen molar-refractivity contribution in [3.63, 3.8) is 0 Å². The maximum Gasteiger partial charge on any atom is 0.256 e. The first-order valence-corrected chi connectivity index (χ1v) is 9.08. The molecule has 4 aliphatic rings. The van der Waals surface area contributed by atoms with Gasteiger partial charge in [-0.2, -0.15) is 0 Å². The summed E-state index contributed by atoms with van der Waals surface area (Å²) in [6.07, 6.45) is 6.15. The van der Waals surface area contributed by atoms with E-state index in [1.165, 1.54) is 5.56 Å². The molecule has 3 heterocycles. The number of fused-ring (bicyclic) bond motifs is 1. The summed E-state index contributed by atoms with van der Waals surface area (Å²) in [4.78, 5) is 15.1. The number of hydrogen-bond donors (Lipinski definition) is 0. The minimum absolute atomic E-state index is 0.0575. The molecule has 2 fully saturated rings. The minimum Gasteiger partial charge on any atom is -0.493 e. The lowest BCUT2D eigenvalue weighted by Crippen LogP contribution is -2.55. The molecule has 0 N–H and O–H groups in total. The van der Waals surface area contributed by atoms with E-state index in [0.29, 0.717) is 12.2 Å². The van der Waals surface area contributed by atoms with Gasteiger partial charge < -0.3 is 23.8 Å². The Balaban J connectivity index is 1.78. The number of amides is 1. The molecule has 0 aromatic heterocycles. The van der Waals surface area contributed by atoms with E-state index < -0.39 is 11.1 Å². The van der Waals surface area contributed by atoms with Gasteiger partial charge in [0.15, 0.2) is 23.2 Å². The van der Waals surface area contributed by atoms with Crippen LogP contribution in [0.3, 0.4) is 0 Å². The highest BCUT2D eigenvalue weighted by atomic mass is 16.6. The zero-order chi connectivity index (χ0) is 18.1. The van der Waals surface area contributed by atoms with Gasteiger partial charge in [-0.05, 0) is 42.2 Å². The van der Waals surface area contributed by atoms with Crippen molar-refractivity contribution < 1.29 is 23.7 Å². The Hall–Kier alpha value is -2.05. The summed E-state index contributed by atoms with van der Waals surface area (Å²) in [5.74, 6) is 1.49. The molecule has 2 spiro atoms. The lowest BCUT2D eigenvalue weighted by atomic mass is 9.69. The number of ether oxygens (including phenoxy) is 4. The molecule has 3 aliphatic heterocycles. The van der Waals surface area contributed by atoms with Gasteiger partial charge in [-0.15, -0.1) is 0 Å². The van der Waals surface area contributed by atoms with E-state index in [9.17, 15) is 4.79 Å². The van der Waals surface area contributed by atoms with E-state index >= 15 is 0 Å². The fourth-order valence-electron chi connectivity index (χ4n) is 5.26. The SMILES string of the molecule is COc1cc2c(cc1OC)C13C[C@@H](OC)C=C[C@@]14O[C@H]4C(=O)N3CCC2. The number of epoxide rings is 1. The number of morpholine rings is 1. The molecule has 26 heavy (non-hydrogen) atoms. The first-order chi connectivity index (χ1) is 12.6. The summed E-state index contributed by atoms with van der Waals surface area (Å²) >= 11 is 0. The smallest absolute Gasteiger partial charge is 0.256 e. The summed E-state index contributed by atoms with van der Waals surface area (Å²) < 4.78 is 22.8. The fourth-order valence-corrected chi connectivity index (χ4v) is 5.26. The second kappa shape index (κ2) is 5.24. The van der Waals surface area contributed by atoms with Crippen molar-refractivity contribution in [2.45, 2.75) is 42.6 Å². The molecule has 6 nitrogen and oxygen atoms in total. The van der Waals surface area contributed by atoms with Gasteiger partial charge in [-0.3, -0.25) is 4.79 Å². The average Bonchev–Trinajstić information content (AvgIpc) is 3.38. The summed E-state index contributed by atoms with van der Waals surface area (Å²) in [5, 5.41) is 0. The molecule has 1 unspecified atom stereocenters. The number of aryl methyl sites for hydroxylation is 1. The molecule has 0 saturated carbocycles. The molecular weight excluding hydrogens is 334 g/mol. The highest BCUT2D eigenvalue weighted by Crippen LogP contribution is 2.66. The number of carbonyl (C=O) groups is 1. The molecule has 1 amide bonds. The van der Waals surface area contributed by atoms with Gasteiger partial charge in [0.2, 0.25) is 0 Å². The van der Waals surface area contributed by atoms with Crippen LogP contribution in [0.5, 0.6) is 11.5 Å². The van der Waals surface area contributed by atoms with Gasteiger partial charge in [-0.1, -0.05) is 6.08 Å². The van der Waals surface area contributed by atoms with Crippen LogP contribution in [-0.2, 0) is 26.2 Å². The molecule has 0 radical (unpaired) electrons. The lowest BCUT2D eigenvalue weighted by Gasteiger charge is -2.46. The van der Waals surface area contributed by atoms with Gasteiger partial charge in [0.05, 0.1) is 20.3 Å². The summed E-state index contributed by atoms with van der Waals surface area (Å²) in [5.41, 5.74) is 1.17. The van der Waals surface area contributed by atoms with Gasteiger partial charge in [0.25, 0.3) is 5.91 Å². The standard InChI is InChI=1S/C20H23NO5/c1-23-13-6-7-20-17(26-20)18(22)21-8-4-5-12-9-15(24-2)16(25-3)10-14(12)19(20,21)11-13/h6-7,9-10,13,17H,4-5,8,11H2,1-3H3/t13-,17-,19?,20-/m0/s1. The van der Waals surface area contributed by atoms with Crippen molar-refractivity contribution in [2.75, 3.05) is 27.9 Å². The molecule has 1 aromatic carbocycles. The predicted octanol–water partition coefficient (Wildman–Crippen LogP) is 1.80. The third-order valence-electron chi connectivity index (χ3n) is 6.48.